The van der Waals surface area contributed by atoms with Gasteiger partial charge in [-0.25, -0.2) is 0 Å². The molecular weight excluding hydrogens is 140 g/mol. The summed E-state index contributed by atoms with van der Waals surface area (Å²) in [5, 5.41) is 0. The van der Waals surface area contributed by atoms with Crippen molar-refractivity contribution in [2.45, 2.75) is 6.42 Å². The van der Waals surface area contributed by atoms with Crippen LogP contribution in [0.2, 0.25) is 0 Å². The van der Waals surface area contributed by atoms with Crippen molar-refractivity contribution in [3.8, 4) is 0 Å². The first kappa shape index (κ1) is 7.72. The van der Waals surface area contributed by atoms with Gasteiger partial charge in [-0.15, -0.1) is 0 Å². The molecule has 1 amide bonds. The summed E-state index contributed by atoms with van der Waals surface area (Å²) in [7, 11) is 0. The Hall–Kier alpha value is -1.38. The van der Waals surface area contributed by atoms with Crippen LogP contribution in [0.1, 0.15) is 6.42 Å². The maximum Gasteiger partial charge on any atom is 0.262 e. The number of hydrogen-bond acceptors (Lipinski definition) is 2. The van der Waals surface area contributed by atoms with Crippen molar-refractivity contribution in [1.82, 2.24) is 0 Å². The van der Waals surface area contributed by atoms with Crippen molar-refractivity contribution in [3.63, 3.8) is 0 Å². The fourth-order valence-electron chi connectivity index (χ4n) is 0.804. The Labute approximate surface area is 65.3 Å². The molecule has 0 aromatic rings. The van der Waals surface area contributed by atoms with Gasteiger partial charge in [0.25, 0.3) is 5.91 Å². The average molecular weight is 150 g/mol. The van der Waals surface area contributed by atoms with Crippen LogP contribution in [-0.2, 0) is 4.79 Å². The van der Waals surface area contributed by atoms with Gasteiger partial charge in [0.05, 0.1) is 6.54 Å². The quantitative estimate of drug-likeness (QED) is 0.579. The minimum absolute atomic E-state index is 0.426. The van der Waals surface area contributed by atoms with E-state index in [4.69, 9.17) is 5.73 Å². The molecule has 0 unspecified atom stereocenters. The van der Waals surface area contributed by atoms with E-state index in [1.807, 2.05) is 24.3 Å². The summed E-state index contributed by atoms with van der Waals surface area (Å²) in [6.07, 6.45) is 8.07. The number of amides is 1. The maximum atomic E-state index is 10.7. The van der Waals surface area contributed by atoms with Gasteiger partial charge in [0.2, 0.25) is 0 Å². The van der Waals surface area contributed by atoms with Crippen molar-refractivity contribution in [3.05, 3.63) is 24.3 Å². The molecule has 0 radical (unpaired) electrons. The molecule has 0 saturated carbocycles. The van der Waals surface area contributed by atoms with Gasteiger partial charge in [-0.3, -0.25) is 9.79 Å². The van der Waals surface area contributed by atoms with Gasteiger partial charge in [-0.2, -0.15) is 0 Å². The zero-order chi connectivity index (χ0) is 8.10. The van der Waals surface area contributed by atoms with Crippen molar-refractivity contribution in [2.24, 2.45) is 10.7 Å². The highest BCUT2D eigenvalue weighted by Gasteiger charge is 2.03. The molecule has 1 aliphatic rings. The first-order valence-corrected chi connectivity index (χ1v) is 3.45. The Balaban J connectivity index is 2.73. The normalized spacial score (nSPS) is 16.9. The van der Waals surface area contributed by atoms with E-state index < -0.39 is 5.91 Å². The van der Waals surface area contributed by atoms with Crippen LogP contribution in [0.4, 0.5) is 0 Å². The van der Waals surface area contributed by atoms with Gasteiger partial charge in [0.1, 0.15) is 5.71 Å². The van der Waals surface area contributed by atoms with E-state index in [2.05, 4.69) is 4.99 Å². The summed E-state index contributed by atoms with van der Waals surface area (Å²) in [5.41, 5.74) is 5.51. The predicted octanol–water partition coefficient (Wildman–Crippen LogP) is 0.429. The van der Waals surface area contributed by atoms with Crippen LogP contribution < -0.4 is 5.73 Å². The first-order chi connectivity index (χ1) is 5.30. The zero-order valence-corrected chi connectivity index (χ0v) is 6.16. The molecule has 3 heteroatoms. The molecule has 0 spiro atoms. The van der Waals surface area contributed by atoms with Crippen LogP contribution in [0, 0.1) is 0 Å². The SMILES string of the molecule is NC(=O)C1=NCC=CC=CC1. The summed E-state index contributed by atoms with van der Waals surface area (Å²) in [6.45, 7) is 0.544. The van der Waals surface area contributed by atoms with Gasteiger partial charge in [0, 0.05) is 6.42 Å². The number of carbonyl (C=O) groups excluding carboxylic acids is 1. The van der Waals surface area contributed by atoms with E-state index in [0.29, 0.717) is 18.7 Å². The number of hydrogen-bond donors (Lipinski definition) is 1. The topological polar surface area (TPSA) is 55.5 Å². The maximum absolute atomic E-state index is 10.7. The summed E-state index contributed by atoms with van der Waals surface area (Å²) >= 11 is 0. The number of aliphatic imine (C=N–C) groups is 1. The smallest absolute Gasteiger partial charge is 0.262 e. The van der Waals surface area contributed by atoms with Gasteiger partial charge >= 0.3 is 0 Å². The van der Waals surface area contributed by atoms with Crippen LogP contribution in [0.3, 0.4) is 0 Å². The minimum atomic E-state index is -0.426. The molecule has 1 aliphatic heterocycles. The van der Waals surface area contributed by atoms with Crippen molar-refractivity contribution in [2.75, 3.05) is 6.54 Å². The molecule has 0 bridgehead atoms. The van der Waals surface area contributed by atoms with Crippen LogP contribution in [-0.4, -0.2) is 18.2 Å². The van der Waals surface area contributed by atoms with Crippen LogP contribution in [0.25, 0.3) is 0 Å². The highest BCUT2D eigenvalue weighted by molar-refractivity contribution is 6.38. The molecule has 1 rings (SSSR count). The number of nitrogens with two attached hydrogens (primary N) is 1. The molecule has 0 saturated heterocycles. The first-order valence-electron chi connectivity index (χ1n) is 3.45. The van der Waals surface area contributed by atoms with E-state index in [0.717, 1.165) is 0 Å². The predicted molar refractivity (Wildman–Crippen MR) is 44.4 cm³/mol. The second kappa shape index (κ2) is 3.71. The third-order valence-electron chi connectivity index (χ3n) is 1.37. The van der Waals surface area contributed by atoms with Crippen LogP contribution in [0.5, 0.6) is 0 Å². The fourth-order valence-corrected chi connectivity index (χ4v) is 0.804. The lowest BCUT2D eigenvalue weighted by Gasteiger charge is -1.98. The number of carbonyl (C=O) groups is 1. The number of nitrogens with zero attached hydrogens (tertiary/aromatic N) is 1. The lowest BCUT2D eigenvalue weighted by Crippen LogP contribution is -2.23. The summed E-state index contributed by atoms with van der Waals surface area (Å²) in [5.74, 6) is -0.426. The standard InChI is InChI=1S/C8H10N2O/c9-8(11)7-5-3-1-2-4-6-10-7/h1-4H,5-6H2,(H2,9,11). The molecule has 2 N–H and O–H groups in total. The van der Waals surface area contributed by atoms with Gasteiger partial charge in [-0.05, 0) is 0 Å². The summed E-state index contributed by atoms with van der Waals surface area (Å²) in [4.78, 5) is 14.6. The van der Waals surface area contributed by atoms with Crippen LogP contribution in [0.15, 0.2) is 29.3 Å². The zero-order valence-electron chi connectivity index (χ0n) is 6.16. The molecule has 0 aliphatic carbocycles. The van der Waals surface area contributed by atoms with E-state index in [1.54, 1.807) is 0 Å². The third kappa shape index (κ3) is 2.37. The van der Waals surface area contributed by atoms with E-state index in [1.165, 1.54) is 0 Å². The largest absolute Gasteiger partial charge is 0.365 e. The van der Waals surface area contributed by atoms with Crippen LogP contribution >= 0.6 is 0 Å². The summed E-state index contributed by atoms with van der Waals surface area (Å²) in [6, 6.07) is 0. The highest BCUT2D eigenvalue weighted by atomic mass is 16.1. The molecule has 0 fully saturated rings. The van der Waals surface area contributed by atoms with Crippen molar-refractivity contribution in [1.29, 1.82) is 0 Å². The molecule has 1 heterocycles. The van der Waals surface area contributed by atoms with Crippen molar-refractivity contribution >= 4 is 11.6 Å². The van der Waals surface area contributed by atoms with Crippen molar-refractivity contribution < 1.29 is 4.79 Å². The number of rotatable bonds is 1. The molecule has 3 nitrogen and oxygen atoms in total. The molecule has 0 aromatic heterocycles. The van der Waals surface area contributed by atoms with E-state index >= 15 is 0 Å². The Morgan fingerprint density at radius 2 is 2.18 bits per heavy atom. The Kier molecular flexibility index (Phi) is 2.60. The average Bonchev–Trinajstić information content (AvgIpc) is 1.84. The second-order valence-electron chi connectivity index (χ2n) is 2.21. The van der Waals surface area contributed by atoms with Gasteiger partial charge in [-0.1, -0.05) is 24.3 Å². The number of primary amides is 1. The van der Waals surface area contributed by atoms with E-state index in [9.17, 15) is 4.79 Å². The molecule has 0 aromatic carbocycles. The molecule has 58 valence electrons. The third-order valence-corrected chi connectivity index (χ3v) is 1.37. The Morgan fingerprint density at radius 3 is 2.91 bits per heavy atom. The molecular formula is C8H10N2O. The fraction of sp³-hybridized carbons (Fsp3) is 0.250. The lowest BCUT2D eigenvalue weighted by atomic mass is 10.2. The van der Waals surface area contributed by atoms with Gasteiger partial charge < -0.3 is 5.73 Å². The molecule has 11 heavy (non-hydrogen) atoms. The second-order valence-corrected chi connectivity index (χ2v) is 2.21. The number of allylic oxidation sites excluding steroid dienone is 3. The van der Waals surface area contributed by atoms with Gasteiger partial charge in [0.15, 0.2) is 0 Å². The molecule has 0 atom stereocenters. The minimum Gasteiger partial charge on any atom is -0.365 e. The lowest BCUT2D eigenvalue weighted by molar-refractivity contribution is -0.112. The summed E-state index contributed by atoms with van der Waals surface area (Å²) < 4.78 is 0. The highest BCUT2D eigenvalue weighted by Crippen LogP contribution is 1.94. The Morgan fingerprint density at radius 1 is 1.45 bits per heavy atom. The monoisotopic (exact) mass is 150 g/mol. The van der Waals surface area contributed by atoms with E-state index in [-0.39, 0.29) is 0 Å². The Bertz CT molecular complexity index is 238.